The van der Waals surface area contributed by atoms with Crippen molar-refractivity contribution in [1.29, 1.82) is 0 Å². The van der Waals surface area contributed by atoms with Gasteiger partial charge in [-0.05, 0) is 32.1 Å². The summed E-state index contributed by atoms with van der Waals surface area (Å²) in [4.78, 5) is 24.5. The first-order chi connectivity index (χ1) is 36.0. The second-order valence-electron chi connectivity index (χ2n) is 23.2. The molecule has 73 heavy (non-hydrogen) atoms. The highest BCUT2D eigenvalue weighted by atomic mass is 16.5. The number of unbranched alkanes of at least 4 members (excludes halogenated alkanes) is 52. The van der Waals surface area contributed by atoms with Crippen molar-refractivity contribution in [2.75, 3.05) is 13.2 Å². The van der Waals surface area contributed by atoms with Gasteiger partial charge in [-0.15, -0.1) is 0 Å². The first-order valence-electron chi connectivity index (χ1n) is 33.5. The third-order valence-corrected chi connectivity index (χ3v) is 15.8. The smallest absolute Gasteiger partial charge is 0.305 e. The second kappa shape index (κ2) is 63.1. The van der Waals surface area contributed by atoms with Crippen LogP contribution in [0.5, 0.6) is 0 Å². The van der Waals surface area contributed by atoms with Gasteiger partial charge in [-0.25, -0.2) is 0 Å². The lowest BCUT2D eigenvalue weighted by atomic mass is 10.0. The van der Waals surface area contributed by atoms with Crippen molar-refractivity contribution in [2.24, 2.45) is 0 Å². The molecule has 0 aromatic carbocycles. The number of allylic oxidation sites excluding steroid dienone is 1. The van der Waals surface area contributed by atoms with Crippen LogP contribution >= 0.6 is 0 Å². The van der Waals surface area contributed by atoms with E-state index in [2.05, 4.69) is 19.2 Å². The van der Waals surface area contributed by atoms with Gasteiger partial charge < -0.3 is 20.3 Å². The number of esters is 1. The largest absolute Gasteiger partial charge is 0.466 e. The number of aliphatic hydroxyl groups excluding tert-OH is 2. The fourth-order valence-electron chi connectivity index (χ4n) is 10.7. The molecule has 0 aromatic rings. The molecule has 0 heterocycles. The van der Waals surface area contributed by atoms with E-state index in [-0.39, 0.29) is 18.5 Å². The van der Waals surface area contributed by atoms with Crippen LogP contribution in [0.1, 0.15) is 380 Å². The lowest BCUT2D eigenvalue weighted by Crippen LogP contribution is -2.45. The van der Waals surface area contributed by atoms with Crippen LogP contribution in [0.3, 0.4) is 0 Å². The number of aliphatic hydroxyl groups is 2. The van der Waals surface area contributed by atoms with E-state index in [9.17, 15) is 19.8 Å². The summed E-state index contributed by atoms with van der Waals surface area (Å²) in [5.74, 6) is -0.0417. The molecule has 0 aromatic heterocycles. The highest BCUT2D eigenvalue weighted by Gasteiger charge is 2.18. The van der Waals surface area contributed by atoms with Crippen molar-refractivity contribution in [3.05, 3.63) is 12.2 Å². The third-order valence-electron chi connectivity index (χ3n) is 15.8. The Balaban J connectivity index is 3.32. The summed E-state index contributed by atoms with van der Waals surface area (Å²) in [7, 11) is 0. The van der Waals surface area contributed by atoms with Gasteiger partial charge in [-0.2, -0.15) is 0 Å². The van der Waals surface area contributed by atoms with Crippen LogP contribution in [0.25, 0.3) is 0 Å². The summed E-state index contributed by atoms with van der Waals surface area (Å²) in [6.45, 7) is 4.93. The highest BCUT2D eigenvalue weighted by molar-refractivity contribution is 5.76. The van der Waals surface area contributed by atoms with Crippen molar-refractivity contribution in [3.63, 3.8) is 0 Å². The van der Waals surface area contributed by atoms with E-state index in [0.29, 0.717) is 19.4 Å². The summed E-state index contributed by atoms with van der Waals surface area (Å²) in [5.41, 5.74) is 0. The van der Waals surface area contributed by atoms with Gasteiger partial charge in [0.15, 0.2) is 0 Å². The van der Waals surface area contributed by atoms with Crippen LogP contribution in [-0.2, 0) is 14.3 Å². The van der Waals surface area contributed by atoms with Crippen molar-refractivity contribution < 1.29 is 24.5 Å². The summed E-state index contributed by atoms with van der Waals surface area (Å²) in [6.07, 6.45) is 77.1. The molecule has 6 heteroatoms. The molecule has 0 radical (unpaired) electrons. The average Bonchev–Trinajstić information content (AvgIpc) is 3.39. The van der Waals surface area contributed by atoms with Gasteiger partial charge in [-0.3, -0.25) is 9.59 Å². The van der Waals surface area contributed by atoms with Gasteiger partial charge in [0.05, 0.1) is 25.4 Å². The quantitative estimate of drug-likeness (QED) is 0.0320. The molecular formula is C67H131NO5. The lowest BCUT2D eigenvalue weighted by molar-refractivity contribution is -0.143. The minimum absolute atomic E-state index is 0.0224. The minimum atomic E-state index is -0.840. The maximum absolute atomic E-state index is 12.4. The molecule has 6 nitrogen and oxygen atoms in total. The zero-order valence-electron chi connectivity index (χ0n) is 49.6. The molecule has 1 amide bonds. The Labute approximate surface area is 457 Å². The van der Waals surface area contributed by atoms with Crippen LogP contribution in [-0.4, -0.2) is 47.4 Å². The molecular weight excluding hydrogens is 899 g/mol. The molecule has 0 aliphatic rings. The Morgan fingerprint density at radius 3 is 0.932 bits per heavy atom. The Kier molecular flexibility index (Phi) is 61.9. The fraction of sp³-hybridized carbons (Fsp3) is 0.940. The van der Waals surface area contributed by atoms with E-state index in [1.165, 1.54) is 315 Å². The van der Waals surface area contributed by atoms with Crippen LogP contribution in [0, 0.1) is 0 Å². The van der Waals surface area contributed by atoms with E-state index >= 15 is 0 Å². The fourth-order valence-corrected chi connectivity index (χ4v) is 10.7. The summed E-state index contributed by atoms with van der Waals surface area (Å²) in [5, 5.41) is 23.1. The summed E-state index contributed by atoms with van der Waals surface area (Å²) < 4.78 is 5.51. The second-order valence-corrected chi connectivity index (χ2v) is 23.2. The van der Waals surface area contributed by atoms with E-state index in [1.807, 2.05) is 6.08 Å². The van der Waals surface area contributed by atoms with Crippen LogP contribution in [0.15, 0.2) is 12.2 Å². The molecule has 0 bridgehead atoms. The molecule has 0 rings (SSSR count). The van der Waals surface area contributed by atoms with Crippen molar-refractivity contribution in [3.8, 4) is 0 Å². The maximum Gasteiger partial charge on any atom is 0.305 e. The maximum atomic E-state index is 12.4. The molecule has 0 saturated carbocycles. The van der Waals surface area contributed by atoms with Gasteiger partial charge >= 0.3 is 5.97 Å². The van der Waals surface area contributed by atoms with Gasteiger partial charge in [-0.1, -0.05) is 347 Å². The van der Waals surface area contributed by atoms with E-state index in [4.69, 9.17) is 4.74 Å². The standard InChI is InChI=1S/C67H131NO5/c1-3-5-7-9-11-13-15-17-18-30-34-37-41-45-49-53-57-61-67(72)73-62-58-54-50-46-42-38-35-32-29-27-25-23-21-19-20-22-24-26-28-31-33-36-40-44-48-52-56-60-66(71)68-64(63-69)65(70)59-55-51-47-43-39-16-14-12-10-8-6-4-2/h55,59,64-65,69-70H,3-54,56-58,60-63H2,1-2H3,(H,68,71)/b59-55+. The predicted octanol–water partition coefficient (Wildman–Crippen LogP) is 21.2. The Morgan fingerprint density at radius 2 is 0.630 bits per heavy atom. The zero-order valence-corrected chi connectivity index (χ0v) is 49.6. The molecule has 0 fully saturated rings. The number of carbonyl (C=O) groups excluding carboxylic acids is 2. The van der Waals surface area contributed by atoms with Crippen LogP contribution in [0.2, 0.25) is 0 Å². The van der Waals surface area contributed by atoms with Gasteiger partial charge in [0.1, 0.15) is 0 Å². The third kappa shape index (κ3) is 59.7. The lowest BCUT2D eigenvalue weighted by Gasteiger charge is -2.20. The van der Waals surface area contributed by atoms with Crippen LogP contribution in [0.4, 0.5) is 0 Å². The molecule has 2 unspecified atom stereocenters. The zero-order chi connectivity index (χ0) is 52.9. The van der Waals surface area contributed by atoms with Crippen molar-refractivity contribution in [2.45, 2.75) is 392 Å². The van der Waals surface area contributed by atoms with Gasteiger partial charge in [0.25, 0.3) is 0 Å². The number of rotatable bonds is 63. The highest BCUT2D eigenvalue weighted by Crippen LogP contribution is 2.19. The summed E-state index contributed by atoms with van der Waals surface area (Å²) >= 11 is 0. The first-order valence-corrected chi connectivity index (χ1v) is 33.5. The van der Waals surface area contributed by atoms with Crippen molar-refractivity contribution in [1.82, 2.24) is 5.32 Å². The van der Waals surface area contributed by atoms with Gasteiger partial charge in [0, 0.05) is 12.8 Å². The SMILES string of the molecule is CCCCCCCCCCCC/C=C/C(O)C(CO)NC(=O)CCCCCCCCCCCCCCCCCCCCCCCCCCCCCOC(=O)CCCCCCCCCCCCCCCCCCC. The Morgan fingerprint density at radius 1 is 0.370 bits per heavy atom. The topological polar surface area (TPSA) is 95.9 Å². The molecule has 0 saturated heterocycles. The number of amides is 1. The molecule has 0 aliphatic carbocycles. The number of ether oxygens (including phenoxy) is 1. The number of hydrogen-bond acceptors (Lipinski definition) is 5. The molecule has 2 atom stereocenters. The number of hydrogen-bond donors (Lipinski definition) is 3. The average molecular weight is 1030 g/mol. The normalized spacial score (nSPS) is 12.5. The molecule has 434 valence electrons. The molecule has 0 aliphatic heterocycles. The van der Waals surface area contributed by atoms with E-state index < -0.39 is 12.1 Å². The summed E-state index contributed by atoms with van der Waals surface area (Å²) in [6, 6.07) is -0.624. The Bertz CT molecular complexity index is 1100. The van der Waals surface area contributed by atoms with E-state index in [1.54, 1.807) is 6.08 Å². The number of nitrogens with one attached hydrogen (secondary N) is 1. The van der Waals surface area contributed by atoms with Crippen molar-refractivity contribution >= 4 is 11.9 Å². The first kappa shape index (κ1) is 71.6. The number of carbonyl (C=O) groups is 2. The monoisotopic (exact) mass is 1030 g/mol. The van der Waals surface area contributed by atoms with Crippen LogP contribution < -0.4 is 5.32 Å². The minimum Gasteiger partial charge on any atom is -0.466 e. The predicted molar refractivity (Wildman–Crippen MR) is 320 cm³/mol. The Hall–Kier alpha value is -1.40. The molecule has 0 spiro atoms. The van der Waals surface area contributed by atoms with Gasteiger partial charge in [0.2, 0.25) is 5.91 Å². The van der Waals surface area contributed by atoms with E-state index in [0.717, 1.165) is 38.5 Å². The molecule has 3 N–H and O–H groups in total.